The molecule has 1 aromatic carbocycles. The largest absolute Gasteiger partial charge is 0.346 e. The molecule has 106 valence electrons. The Bertz CT molecular complexity index is 647. The number of carbonyl (C=O) groups excluding carboxylic acids is 1. The van der Waals surface area contributed by atoms with Gasteiger partial charge in [0.1, 0.15) is 10.7 Å². The van der Waals surface area contributed by atoms with Crippen molar-refractivity contribution in [1.82, 2.24) is 10.3 Å². The highest BCUT2D eigenvalue weighted by Gasteiger charge is 2.18. The van der Waals surface area contributed by atoms with Crippen LogP contribution in [0.25, 0.3) is 10.6 Å². The maximum absolute atomic E-state index is 12.0. The molecule has 1 aromatic heterocycles. The van der Waals surface area contributed by atoms with Crippen LogP contribution < -0.4 is 5.32 Å². The Morgan fingerprint density at radius 3 is 2.55 bits per heavy atom. The number of nitrogens with zero attached hydrogens (tertiary/aromatic N) is 1. The molecular formula is C14H14Cl2N2OS. The number of amides is 1. The third-order valence-electron chi connectivity index (χ3n) is 2.39. The Morgan fingerprint density at radius 1 is 1.25 bits per heavy atom. The van der Waals surface area contributed by atoms with E-state index in [1.54, 1.807) is 17.5 Å². The molecule has 0 bridgehead atoms. The molecule has 0 saturated carbocycles. The summed E-state index contributed by atoms with van der Waals surface area (Å²) in [5.41, 5.74) is 0.968. The summed E-state index contributed by atoms with van der Waals surface area (Å²) >= 11 is 13.3. The Balaban J connectivity index is 2.24. The van der Waals surface area contributed by atoms with Gasteiger partial charge >= 0.3 is 0 Å². The molecule has 0 unspecified atom stereocenters. The smallest absolute Gasteiger partial charge is 0.271 e. The zero-order valence-corrected chi connectivity index (χ0v) is 13.7. The highest BCUT2D eigenvalue weighted by Crippen LogP contribution is 2.30. The van der Waals surface area contributed by atoms with Gasteiger partial charge in [0.05, 0.1) is 10.0 Å². The van der Waals surface area contributed by atoms with Gasteiger partial charge in [0, 0.05) is 16.5 Å². The molecule has 1 amide bonds. The van der Waals surface area contributed by atoms with Crippen LogP contribution in [0.15, 0.2) is 23.6 Å². The standard InChI is InChI=1S/C14H14Cl2N2OS/c1-14(2,3)18-12(19)11-7-20-13(17-11)8-4-5-9(15)10(16)6-8/h4-7H,1-3H3,(H,18,19). The van der Waals surface area contributed by atoms with Gasteiger partial charge in [0.25, 0.3) is 5.91 Å². The highest BCUT2D eigenvalue weighted by molar-refractivity contribution is 7.13. The minimum Gasteiger partial charge on any atom is -0.346 e. The number of rotatable bonds is 2. The van der Waals surface area contributed by atoms with Gasteiger partial charge < -0.3 is 5.32 Å². The molecule has 0 aliphatic rings. The number of halogens is 2. The minimum atomic E-state index is -0.287. The van der Waals surface area contributed by atoms with E-state index in [1.165, 1.54) is 11.3 Å². The predicted octanol–water partition coefficient (Wildman–Crippen LogP) is 4.65. The quantitative estimate of drug-likeness (QED) is 0.872. The molecule has 2 aromatic rings. The van der Waals surface area contributed by atoms with Crippen LogP contribution in [0.3, 0.4) is 0 Å². The first-order valence-corrected chi connectivity index (χ1v) is 7.63. The monoisotopic (exact) mass is 328 g/mol. The molecule has 3 nitrogen and oxygen atoms in total. The van der Waals surface area contributed by atoms with Gasteiger partial charge in [-0.05, 0) is 32.9 Å². The van der Waals surface area contributed by atoms with Crippen molar-refractivity contribution in [3.63, 3.8) is 0 Å². The summed E-state index contributed by atoms with van der Waals surface area (Å²) in [4.78, 5) is 16.4. The van der Waals surface area contributed by atoms with Crippen LogP contribution in [0.2, 0.25) is 10.0 Å². The predicted molar refractivity (Wildman–Crippen MR) is 84.8 cm³/mol. The van der Waals surface area contributed by atoms with Crippen LogP contribution in [0.4, 0.5) is 0 Å². The van der Waals surface area contributed by atoms with Gasteiger partial charge in [-0.15, -0.1) is 11.3 Å². The number of aromatic nitrogens is 1. The Kier molecular flexibility index (Phi) is 4.37. The molecule has 1 N–H and O–H groups in total. The van der Waals surface area contributed by atoms with E-state index in [0.717, 1.165) is 10.6 Å². The second kappa shape index (κ2) is 5.72. The molecule has 0 radical (unpaired) electrons. The van der Waals surface area contributed by atoms with Gasteiger partial charge in [-0.1, -0.05) is 29.3 Å². The SMILES string of the molecule is CC(C)(C)NC(=O)c1csc(-c2ccc(Cl)c(Cl)c2)n1. The van der Waals surface area contributed by atoms with Crippen LogP contribution in [0.5, 0.6) is 0 Å². The zero-order valence-electron chi connectivity index (χ0n) is 11.3. The fraction of sp³-hybridized carbons (Fsp3) is 0.286. The van der Waals surface area contributed by atoms with Crippen LogP contribution in [-0.4, -0.2) is 16.4 Å². The van der Waals surface area contributed by atoms with E-state index >= 15 is 0 Å². The Labute approximate surface area is 131 Å². The van der Waals surface area contributed by atoms with Crippen molar-refractivity contribution >= 4 is 40.4 Å². The summed E-state index contributed by atoms with van der Waals surface area (Å²) in [6, 6.07) is 5.29. The minimum absolute atomic E-state index is 0.180. The molecule has 0 atom stereocenters. The van der Waals surface area contributed by atoms with E-state index in [0.29, 0.717) is 15.7 Å². The second-order valence-corrected chi connectivity index (χ2v) is 7.04. The summed E-state index contributed by atoms with van der Waals surface area (Å²) < 4.78 is 0. The van der Waals surface area contributed by atoms with Gasteiger partial charge in [-0.25, -0.2) is 4.98 Å². The van der Waals surface area contributed by atoms with E-state index in [9.17, 15) is 4.79 Å². The number of hydrogen-bond donors (Lipinski definition) is 1. The normalized spacial score (nSPS) is 11.4. The molecule has 0 saturated heterocycles. The highest BCUT2D eigenvalue weighted by atomic mass is 35.5. The first-order chi connectivity index (χ1) is 9.26. The number of carbonyl (C=O) groups is 1. The Hall–Kier alpha value is -1.10. The van der Waals surface area contributed by atoms with E-state index in [1.807, 2.05) is 26.8 Å². The number of hydrogen-bond acceptors (Lipinski definition) is 3. The summed E-state index contributed by atoms with van der Waals surface area (Å²) in [6.07, 6.45) is 0. The van der Waals surface area contributed by atoms with Crippen molar-refractivity contribution in [2.45, 2.75) is 26.3 Å². The molecular weight excluding hydrogens is 315 g/mol. The van der Waals surface area contributed by atoms with Gasteiger partial charge in [-0.3, -0.25) is 4.79 Å². The third-order valence-corrected chi connectivity index (χ3v) is 4.02. The van der Waals surface area contributed by atoms with Crippen LogP contribution in [0.1, 0.15) is 31.3 Å². The summed E-state index contributed by atoms with van der Waals surface area (Å²) in [7, 11) is 0. The van der Waals surface area contributed by atoms with Crippen molar-refractivity contribution in [1.29, 1.82) is 0 Å². The van der Waals surface area contributed by atoms with E-state index in [2.05, 4.69) is 10.3 Å². The first-order valence-electron chi connectivity index (χ1n) is 6.00. The fourth-order valence-electron chi connectivity index (χ4n) is 1.54. The van der Waals surface area contributed by atoms with E-state index in [4.69, 9.17) is 23.2 Å². The van der Waals surface area contributed by atoms with Crippen LogP contribution in [-0.2, 0) is 0 Å². The van der Waals surface area contributed by atoms with Gasteiger partial charge in [0.2, 0.25) is 0 Å². The fourth-order valence-corrected chi connectivity index (χ4v) is 2.64. The third kappa shape index (κ3) is 3.72. The number of thiazole rings is 1. The lowest BCUT2D eigenvalue weighted by atomic mass is 10.1. The van der Waals surface area contributed by atoms with Crippen LogP contribution in [0, 0.1) is 0 Å². The summed E-state index contributed by atoms with van der Waals surface area (Å²) in [5.74, 6) is -0.180. The number of benzene rings is 1. The van der Waals surface area contributed by atoms with Gasteiger partial charge in [0.15, 0.2) is 0 Å². The average Bonchev–Trinajstić information content (AvgIpc) is 2.80. The summed E-state index contributed by atoms with van der Waals surface area (Å²) in [6.45, 7) is 5.78. The van der Waals surface area contributed by atoms with E-state index in [-0.39, 0.29) is 11.4 Å². The van der Waals surface area contributed by atoms with Crippen molar-refractivity contribution < 1.29 is 4.79 Å². The first kappa shape index (κ1) is 15.3. The van der Waals surface area contributed by atoms with E-state index < -0.39 is 0 Å². The molecule has 0 aliphatic heterocycles. The van der Waals surface area contributed by atoms with Crippen molar-refractivity contribution in [2.24, 2.45) is 0 Å². The molecule has 0 aliphatic carbocycles. The lowest BCUT2D eigenvalue weighted by Crippen LogP contribution is -2.40. The maximum atomic E-state index is 12.0. The van der Waals surface area contributed by atoms with Crippen molar-refractivity contribution in [2.75, 3.05) is 0 Å². The summed E-state index contributed by atoms with van der Waals surface area (Å²) in [5, 5.41) is 6.32. The topological polar surface area (TPSA) is 42.0 Å². The lowest BCUT2D eigenvalue weighted by Gasteiger charge is -2.19. The van der Waals surface area contributed by atoms with Gasteiger partial charge in [-0.2, -0.15) is 0 Å². The zero-order chi connectivity index (χ0) is 14.9. The average molecular weight is 329 g/mol. The lowest BCUT2D eigenvalue weighted by molar-refractivity contribution is 0.0915. The molecule has 2 rings (SSSR count). The van der Waals surface area contributed by atoms with Crippen molar-refractivity contribution in [3.05, 3.63) is 39.3 Å². The maximum Gasteiger partial charge on any atom is 0.271 e. The molecule has 1 heterocycles. The molecule has 0 spiro atoms. The molecule has 0 fully saturated rings. The van der Waals surface area contributed by atoms with Crippen LogP contribution >= 0.6 is 34.5 Å². The molecule has 20 heavy (non-hydrogen) atoms. The number of nitrogens with one attached hydrogen (secondary N) is 1. The van der Waals surface area contributed by atoms with Crippen molar-refractivity contribution in [3.8, 4) is 10.6 Å². The Morgan fingerprint density at radius 2 is 1.95 bits per heavy atom. The second-order valence-electron chi connectivity index (χ2n) is 5.37. The molecule has 6 heteroatoms.